The molecule has 0 saturated carbocycles. The van der Waals surface area contributed by atoms with Crippen molar-refractivity contribution in [3.05, 3.63) is 212 Å². The molecule has 5 nitrogen and oxygen atoms in total. The minimum atomic E-state index is 0.587. The maximum Gasteiger partial charge on any atom is 0.227 e. The highest BCUT2D eigenvalue weighted by atomic mass is 16.3. The Bertz CT molecular complexity index is 3210. The largest absolute Gasteiger partial charge is 0.456 e. The molecular weight excluding hydrogens is 711 g/mol. The summed E-state index contributed by atoms with van der Waals surface area (Å²) in [6, 6.07) is 74.0. The predicted molar refractivity (Wildman–Crippen MR) is 239 cm³/mol. The van der Waals surface area contributed by atoms with Gasteiger partial charge in [-0.05, 0) is 108 Å². The van der Waals surface area contributed by atoms with Crippen LogP contribution in [0.2, 0.25) is 0 Å². The molecule has 5 heteroatoms. The van der Waals surface area contributed by atoms with E-state index in [0.717, 1.165) is 89.1 Å². The van der Waals surface area contributed by atoms with Gasteiger partial charge in [0.05, 0.1) is 5.69 Å². The lowest BCUT2D eigenvalue weighted by atomic mass is 10.0. The van der Waals surface area contributed by atoms with Gasteiger partial charge in [-0.2, -0.15) is 0 Å². The van der Waals surface area contributed by atoms with Gasteiger partial charge in [-0.3, -0.25) is 0 Å². The van der Waals surface area contributed by atoms with Crippen molar-refractivity contribution >= 4 is 77.9 Å². The summed E-state index contributed by atoms with van der Waals surface area (Å²) in [4.78, 5) is 9.67. The number of aromatic nitrogens is 1. The third-order valence-corrected chi connectivity index (χ3v) is 10.8. The highest BCUT2D eigenvalue weighted by Crippen LogP contribution is 2.47. The summed E-state index contributed by atoms with van der Waals surface area (Å²) in [5, 5.41) is 4.13. The minimum absolute atomic E-state index is 0.587. The summed E-state index contributed by atoms with van der Waals surface area (Å²) in [5.74, 6) is 0.587. The summed E-state index contributed by atoms with van der Waals surface area (Å²) < 4.78 is 13.0. The van der Waals surface area contributed by atoms with E-state index in [-0.39, 0.29) is 0 Å². The molecule has 0 aliphatic carbocycles. The Morgan fingerprint density at radius 3 is 1.60 bits per heavy atom. The number of hydrogen-bond acceptors (Lipinski definition) is 5. The van der Waals surface area contributed by atoms with Crippen LogP contribution in [0.25, 0.3) is 66.4 Å². The van der Waals surface area contributed by atoms with Gasteiger partial charge in [0, 0.05) is 55.5 Å². The molecule has 0 spiro atoms. The Labute approximate surface area is 335 Å². The average Bonchev–Trinajstić information content (AvgIpc) is 3.91. The Hall–Kier alpha value is -7.89. The summed E-state index contributed by atoms with van der Waals surface area (Å²) in [6.07, 6.45) is 0. The lowest BCUT2D eigenvalue weighted by Crippen LogP contribution is -2.14. The maximum absolute atomic E-state index is 6.76. The van der Waals surface area contributed by atoms with E-state index in [2.05, 4.69) is 180 Å². The lowest BCUT2D eigenvalue weighted by molar-refractivity contribution is 0.623. The first-order chi connectivity index (χ1) is 28.7. The fraction of sp³-hybridized carbons (Fsp3) is 0. The Morgan fingerprint density at radius 2 is 0.879 bits per heavy atom. The zero-order valence-corrected chi connectivity index (χ0v) is 31.4. The minimum Gasteiger partial charge on any atom is -0.456 e. The van der Waals surface area contributed by atoms with Crippen molar-refractivity contribution in [3.8, 4) is 22.6 Å². The van der Waals surface area contributed by atoms with E-state index in [1.165, 1.54) is 5.56 Å². The van der Waals surface area contributed by atoms with Gasteiger partial charge in [0.25, 0.3) is 0 Å². The fourth-order valence-corrected chi connectivity index (χ4v) is 8.12. The van der Waals surface area contributed by atoms with Crippen molar-refractivity contribution < 1.29 is 8.83 Å². The van der Waals surface area contributed by atoms with E-state index in [4.69, 9.17) is 13.8 Å². The van der Waals surface area contributed by atoms with E-state index in [9.17, 15) is 0 Å². The van der Waals surface area contributed by atoms with Crippen molar-refractivity contribution in [2.75, 3.05) is 9.80 Å². The van der Waals surface area contributed by atoms with Crippen LogP contribution in [-0.2, 0) is 0 Å². The molecule has 0 aliphatic heterocycles. The predicted octanol–water partition coefficient (Wildman–Crippen LogP) is 15.2. The van der Waals surface area contributed by atoms with Crippen molar-refractivity contribution in [2.45, 2.75) is 0 Å². The van der Waals surface area contributed by atoms with Crippen LogP contribution >= 0.6 is 0 Å². The van der Waals surface area contributed by atoms with Gasteiger partial charge >= 0.3 is 0 Å². The maximum atomic E-state index is 6.76. The average molecular weight is 746 g/mol. The van der Waals surface area contributed by atoms with Gasteiger partial charge < -0.3 is 18.6 Å². The topological polar surface area (TPSA) is 45.7 Å². The van der Waals surface area contributed by atoms with Crippen LogP contribution in [0.5, 0.6) is 0 Å². The number of rotatable bonds is 8. The summed E-state index contributed by atoms with van der Waals surface area (Å²) in [5.41, 5.74) is 12.6. The molecule has 2 aromatic heterocycles. The van der Waals surface area contributed by atoms with E-state index >= 15 is 0 Å². The SMILES string of the molecule is c1ccc(-c2ccc(N(c3ccccc3)c3cc(N(c4ccccc4)c4ccc5oc6ccccc6c5c4)cc4c3ccc3nc(-c5ccccc5)oc34)cc2)cc1. The van der Waals surface area contributed by atoms with Crippen LogP contribution in [0.4, 0.5) is 34.1 Å². The first-order valence-electron chi connectivity index (χ1n) is 19.5. The highest BCUT2D eigenvalue weighted by Gasteiger charge is 2.23. The zero-order valence-electron chi connectivity index (χ0n) is 31.4. The van der Waals surface area contributed by atoms with Gasteiger partial charge in [-0.1, -0.05) is 115 Å². The van der Waals surface area contributed by atoms with E-state index < -0.39 is 0 Å². The Kier molecular flexibility index (Phi) is 8.07. The number of para-hydroxylation sites is 3. The molecule has 0 radical (unpaired) electrons. The fourth-order valence-electron chi connectivity index (χ4n) is 8.12. The first kappa shape index (κ1) is 33.4. The van der Waals surface area contributed by atoms with Crippen molar-refractivity contribution in [3.63, 3.8) is 0 Å². The van der Waals surface area contributed by atoms with Crippen LogP contribution in [0, 0.1) is 0 Å². The molecule has 11 aromatic rings. The van der Waals surface area contributed by atoms with Crippen LogP contribution in [-0.4, -0.2) is 4.98 Å². The molecule has 0 fully saturated rings. The summed E-state index contributed by atoms with van der Waals surface area (Å²) >= 11 is 0. The molecule has 274 valence electrons. The molecule has 0 saturated heterocycles. The molecule has 2 heterocycles. The van der Waals surface area contributed by atoms with Gasteiger partial charge in [0.15, 0.2) is 5.58 Å². The quantitative estimate of drug-likeness (QED) is 0.155. The van der Waals surface area contributed by atoms with Gasteiger partial charge in [0.1, 0.15) is 16.7 Å². The molecule has 11 rings (SSSR count). The van der Waals surface area contributed by atoms with Crippen LogP contribution < -0.4 is 9.80 Å². The number of nitrogens with zero attached hydrogens (tertiary/aromatic N) is 3. The smallest absolute Gasteiger partial charge is 0.227 e. The second kappa shape index (κ2) is 14.0. The lowest BCUT2D eigenvalue weighted by Gasteiger charge is -2.31. The molecule has 0 unspecified atom stereocenters. The van der Waals surface area contributed by atoms with Crippen molar-refractivity contribution in [1.29, 1.82) is 0 Å². The molecule has 0 aliphatic rings. The Morgan fingerprint density at radius 1 is 0.328 bits per heavy atom. The second-order valence-corrected chi connectivity index (χ2v) is 14.4. The van der Waals surface area contributed by atoms with Gasteiger partial charge in [-0.15, -0.1) is 0 Å². The van der Waals surface area contributed by atoms with E-state index in [1.54, 1.807) is 0 Å². The number of anilines is 6. The van der Waals surface area contributed by atoms with Crippen molar-refractivity contribution in [2.24, 2.45) is 0 Å². The normalized spacial score (nSPS) is 11.4. The van der Waals surface area contributed by atoms with Crippen LogP contribution in [0.1, 0.15) is 0 Å². The first-order valence-corrected chi connectivity index (χ1v) is 19.5. The number of benzene rings is 9. The number of hydrogen-bond donors (Lipinski definition) is 0. The van der Waals surface area contributed by atoms with Crippen LogP contribution in [0.15, 0.2) is 221 Å². The van der Waals surface area contributed by atoms with E-state index in [1.807, 2.05) is 42.5 Å². The van der Waals surface area contributed by atoms with Crippen LogP contribution in [0.3, 0.4) is 0 Å². The standard InChI is InChI=1S/C53H35N3O2/c1-5-15-36(16-6-1)37-25-27-41(28-26-37)56(40-21-11-4-12-22-40)49-35-43(34-47-44(49)30-31-48-52(47)58-53(54-48)38-17-7-2-8-18-38)55(39-19-9-3-10-20-39)42-29-32-51-46(33-42)45-23-13-14-24-50(45)57-51/h1-35H. The van der Waals surface area contributed by atoms with E-state index in [0.29, 0.717) is 5.89 Å². The molecule has 9 aromatic carbocycles. The molecule has 0 amide bonds. The van der Waals surface area contributed by atoms with Gasteiger partial charge in [0.2, 0.25) is 5.89 Å². The highest BCUT2D eigenvalue weighted by molar-refractivity contribution is 6.13. The molecule has 0 bridgehead atoms. The number of furan rings is 1. The Balaban J connectivity index is 1.19. The van der Waals surface area contributed by atoms with Gasteiger partial charge in [-0.25, -0.2) is 4.98 Å². The monoisotopic (exact) mass is 745 g/mol. The van der Waals surface area contributed by atoms with Crippen molar-refractivity contribution in [1.82, 2.24) is 4.98 Å². The zero-order chi connectivity index (χ0) is 38.4. The molecular formula is C53H35N3O2. The molecule has 58 heavy (non-hydrogen) atoms. The number of oxazole rings is 1. The second-order valence-electron chi connectivity index (χ2n) is 14.4. The number of fused-ring (bicyclic) bond motifs is 6. The summed E-state index contributed by atoms with van der Waals surface area (Å²) in [7, 11) is 0. The summed E-state index contributed by atoms with van der Waals surface area (Å²) in [6.45, 7) is 0. The molecule has 0 N–H and O–H groups in total. The molecule has 0 atom stereocenters. The third kappa shape index (κ3) is 5.85. The third-order valence-electron chi connectivity index (χ3n) is 10.8.